The van der Waals surface area contributed by atoms with E-state index in [1.807, 2.05) is 0 Å². The monoisotopic (exact) mass is 364 g/mol. The minimum Gasteiger partial charge on any atom is -0.384 e. The van der Waals surface area contributed by atoms with Crippen molar-refractivity contribution in [1.82, 2.24) is 15.0 Å². The van der Waals surface area contributed by atoms with Crippen molar-refractivity contribution in [2.24, 2.45) is 5.11 Å². The van der Waals surface area contributed by atoms with E-state index < -0.39 is 18.0 Å². The molecule has 0 amide bonds. The number of rotatable bonds is 8. The first-order chi connectivity index (χ1) is 12.7. The van der Waals surface area contributed by atoms with Crippen LogP contribution in [0.25, 0.3) is 10.4 Å². The Morgan fingerprint density at radius 2 is 2.23 bits per heavy atom. The van der Waals surface area contributed by atoms with Gasteiger partial charge in [0.2, 0.25) is 0 Å². The molecule has 2 atom stereocenters. The molecular formula is C16H24N6O4. The summed E-state index contributed by atoms with van der Waals surface area (Å²) in [4.78, 5) is 14.0. The van der Waals surface area contributed by atoms with Crippen LogP contribution in [0.3, 0.4) is 0 Å². The number of hydrogen-bond acceptors (Lipinski definition) is 7. The quantitative estimate of drug-likeness (QED) is 0.247. The number of aliphatic hydroxyl groups is 1. The van der Waals surface area contributed by atoms with Gasteiger partial charge < -0.3 is 14.6 Å². The Morgan fingerprint density at radius 3 is 2.96 bits per heavy atom. The largest absolute Gasteiger partial charge is 0.384 e. The van der Waals surface area contributed by atoms with Gasteiger partial charge in [-0.2, -0.15) is 0 Å². The topological polar surface area (TPSA) is 135 Å². The molecule has 3 rings (SSSR count). The Bertz CT molecular complexity index is 666. The summed E-state index contributed by atoms with van der Waals surface area (Å²) in [5.74, 6) is -0.598. The first kappa shape index (κ1) is 18.8. The molecule has 1 aliphatic carbocycles. The second kappa shape index (κ2) is 8.59. The Morgan fingerprint density at radius 1 is 1.42 bits per heavy atom. The number of aromatic nitrogens is 3. The van der Waals surface area contributed by atoms with Crippen LogP contribution in [0.15, 0.2) is 5.11 Å². The Kier molecular flexibility index (Phi) is 6.20. The summed E-state index contributed by atoms with van der Waals surface area (Å²) < 4.78 is 13.5. The van der Waals surface area contributed by atoms with Gasteiger partial charge in [0, 0.05) is 30.8 Å². The predicted molar refractivity (Wildman–Crippen MR) is 90.3 cm³/mol. The molecule has 1 spiro atoms. The molecule has 1 saturated heterocycles. The third-order valence-corrected chi connectivity index (χ3v) is 4.98. The van der Waals surface area contributed by atoms with E-state index in [0.717, 1.165) is 25.7 Å². The third kappa shape index (κ3) is 4.04. The highest BCUT2D eigenvalue weighted by Crippen LogP contribution is 2.40. The van der Waals surface area contributed by atoms with E-state index in [-0.39, 0.29) is 12.3 Å². The molecule has 2 unspecified atom stereocenters. The highest BCUT2D eigenvalue weighted by atomic mass is 16.7. The number of hydrogen-bond donors (Lipinski definition) is 1. The van der Waals surface area contributed by atoms with E-state index in [0.29, 0.717) is 37.9 Å². The van der Waals surface area contributed by atoms with Gasteiger partial charge in [-0.1, -0.05) is 16.7 Å². The Hall–Kier alpha value is -2.00. The fourth-order valence-electron chi connectivity index (χ4n) is 3.64. The maximum absolute atomic E-state index is 11.3. The number of ether oxygens (including phenoxy) is 2. The van der Waals surface area contributed by atoms with Gasteiger partial charge in [-0.05, 0) is 31.2 Å². The summed E-state index contributed by atoms with van der Waals surface area (Å²) in [6.45, 7) is 1.14. The minimum absolute atomic E-state index is 0.112. The normalized spacial score (nSPS) is 22.9. The van der Waals surface area contributed by atoms with Crippen molar-refractivity contribution in [2.75, 3.05) is 13.2 Å². The highest BCUT2D eigenvalue weighted by Gasteiger charge is 2.45. The molecule has 2 fully saturated rings. The summed E-state index contributed by atoms with van der Waals surface area (Å²) in [6, 6.07) is 0. The molecule has 1 saturated carbocycles. The lowest BCUT2D eigenvalue weighted by molar-refractivity contribution is -0.196. The Balaban J connectivity index is 1.67. The van der Waals surface area contributed by atoms with Crippen LogP contribution in [0, 0.1) is 0 Å². The molecule has 2 aliphatic rings. The summed E-state index contributed by atoms with van der Waals surface area (Å²) in [6.07, 6.45) is 5.30. The van der Waals surface area contributed by atoms with Crippen LogP contribution in [0.2, 0.25) is 0 Å². The second-order valence-corrected chi connectivity index (χ2v) is 6.75. The molecule has 1 aliphatic heterocycles. The number of carbonyl (C=O) groups is 1. The predicted octanol–water partition coefficient (Wildman–Crippen LogP) is 2.29. The van der Waals surface area contributed by atoms with Gasteiger partial charge in [-0.3, -0.25) is 4.79 Å². The van der Waals surface area contributed by atoms with Crippen molar-refractivity contribution in [2.45, 2.75) is 69.5 Å². The highest BCUT2D eigenvalue weighted by molar-refractivity contribution is 5.73. The van der Waals surface area contributed by atoms with E-state index >= 15 is 0 Å². The molecule has 1 aromatic heterocycles. The number of azide groups is 1. The molecule has 10 nitrogen and oxygen atoms in total. The van der Waals surface area contributed by atoms with E-state index in [2.05, 4.69) is 20.3 Å². The molecule has 2 heterocycles. The van der Waals surface area contributed by atoms with Crippen molar-refractivity contribution in [3.05, 3.63) is 21.8 Å². The van der Waals surface area contributed by atoms with E-state index in [1.165, 1.54) is 11.1 Å². The number of aliphatic hydroxyl groups excluding tert-OH is 1. The van der Waals surface area contributed by atoms with E-state index in [9.17, 15) is 9.90 Å². The van der Waals surface area contributed by atoms with Crippen LogP contribution in [-0.4, -0.2) is 51.4 Å². The van der Waals surface area contributed by atoms with Crippen molar-refractivity contribution < 1.29 is 19.4 Å². The smallest absolute Gasteiger partial charge is 0.172 e. The molecule has 0 aromatic carbocycles. The average Bonchev–Trinajstić information content (AvgIpc) is 3.26. The van der Waals surface area contributed by atoms with Crippen LogP contribution in [-0.2, 0) is 16.0 Å². The zero-order valence-electron chi connectivity index (χ0n) is 14.7. The number of aldehydes is 1. The fraction of sp³-hybridized carbons (Fsp3) is 0.812. The minimum atomic E-state index is -1.04. The first-order valence-electron chi connectivity index (χ1n) is 9.08. The molecule has 26 heavy (non-hydrogen) atoms. The number of carbonyl (C=O) groups excluding carboxylic acids is 1. The lowest BCUT2D eigenvalue weighted by Gasteiger charge is -2.32. The maximum Gasteiger partial charge on any atom is 0.172 e. The van der Waals surface area contributed by atoms with Crippen molar-refractivity contribution in [3.8, 4) is 0 Å². The maximum atomic E-state index is 11.3. The molecule has 142 valence electrons. The third-order valence-electron chi connectivity index (χ3n) is 4.98. The zero-order chi connectivity index (χ0) is 18.4. The SMILES string of the molecule is [N-]=[N+]=NCCCCn1nnc(C=O)c1C(O)C1COC2(CCCCC2)O1. The molecule has 1 aromatic rings. The number of aryl methyl sites for hydroxylation is 1. The van der Waals surface area contributed by atoms with Gasteiger partial charge in [0.1, 0.15) is 17.9 Å². The van der Waals surface area contributed by atoms with Crippen LogP contribution in [0.4, 0.5) is 0 Å². The first-order valence-corrected chi connectivity index (χ1v) is 9.08. The van der Waals surface area contributed by atoms with Gasteiger partial charge >= 0.3 is 0 Å². The molecular weight excluding hydrogens is 340 g/mol. The van der Waals surface area contributed by atoms with Gasteiger partial charge in [-0.25, -0.2) is 4.68 Å². The second-order valence-electron chi connectivity index (χ2n) is 6.75. The van der Waals surface area contributed by atoms with Crippen LogP contribution < -0.4 is 0 Å². The zero-order valence-corrected chi connectivity index (χ0v) is 14.7. The van der Waals surface area contributed by atoms with Gasteiger partial charge in [0.05, 0.1) is 6.61 Å². The number of unbranched alkanes of at least 4 members (excludes halogenated alkanes) is 1. The lowest BCUT2D eigenvalue weighted by atomic mass is 9.94. The van der Waals surface area contributed by atoms with Crippen LogP contribution in [0.1, 0.15) is 67.2 Å². The van der Waals surface area contributed by atoms with Gasteiger partial charge in [0.25, 0.3) is 0 Å². The van der Waals surface area contributed by atoms with Gasteiger partial charge in [-0.15, -0.1) is 5.10 Å². The van der Waals surface area contributed by atoms with E-state index in [4.69, 9.17) is 15.0 Å². The summed E-state index contributed by atoms with van der Waals surface area (Å²) in [5.41, 5.74) is 8.76. The molecule has 0 radical (unpaired) electrons. The lowest BCUT2D eigenvalue weighted by Crippen LogP contribution is -2.34. The van der Waals surface area contributed by atoms with Gasteiger partial charge in [0.15, 0.2) is 17.8 Å². The average molecular weight is 364 g/mol. The molecule has 10 heteroatoms. The standard InChI is InChI=1S/C16H24N6O4/c17-20-18-8-4-5-9-22-14(12(10-23)19-21-22)15(24)13-11-25-16(26-13)6-2-1-3-7-16/h10,13,15,24H,1-9,11H2. The molecule has 0 bridgehead atoms. The Labute approximate surface area is 151 Å². The summed E-state index contributed by atoms with van der Waals surface area (Å²) in [5, 5.41) is 22.1. The van der Waals surface area contributed by atoms with Crippen LogP contribution in [0.5, 0.6) is 0 Å². The van der Waals surface area contributed by atoms with Crippen molar-refractivity contribution >= 4 is 6.29 Å². The molecule has 1 N–H and O–H groups in total. The summed E-state index contributed by atoms with van der Waals surface area (Å²) >= 11 is 0. The fourth-order valence-corrected chi connectivity index (χ4v) is 3.64. The van der Waals surface area contributed by atoms with E-state index in [1.54, 1.807) is 0 Å². The summed E-state index contributed by atoms with van der Waals surface area (Å²) in [7, 11) is 0. The van der Waals surface area contributed by atoms with Crippen molar-refractivity contribution in [1.29, 1.82) is 0 Å². The number of nitrogens with zero attached hydrogens (tertiary/aromatic N) is 6. The van der Waals surface area contributed by atoms with Crippen LogP contribution >= 0.6 is 0 Å². The van der Waals surface area contributed by atoms with Crippen molar-refractivity contribution in [3.63, 3.8) is 0 Å².